The van der Waals surface area contributed by atoms with Crippen molar-refractivity contribution < 1.29 is 8.42 Å². The van der Waals surface area contributed by atoms with Gasteiger partial charge in [0, 0.05) is 17.0 Å². The average molecular weight is 359 g/mol. The van der Waals surface area contributed by atoms with Crippen LogP contribution in [0.1, 0.15) is 11.1 Å². The first-order chi connectivity index (χ1) is 11.4. The van der Waals surface area contributed by atoms with Crippen molar-refractivity contribution in [2.24, 2.45) is 0 Å². The summed E-state index contributed by atoms with van der Waals surface area (Å²) in [6.07, 6.45) is 0.666. The van der Waals surface area contributed by atoms with Crippen molar-refractivity contribution in [3.8, 4) is 0 Å². The summed E-state index contributed by atoms with van der Waals surface area (Å²) < 4.78 is 27.3. The molecule has 2 heterocycles. The Kier molecular flexibility index (Phi) is 3.51. The molecule has 122 valence electrons. The lowest BCUT2D eigenvalue weighted by molar-refractivity contribution is 0.592. The van der Waals surface area contributed by atoms with E-state index in [2.05, 4.69) is 11.1 Å². The minimum absolute atomic E-state index is 0.227. The van der Waals surface area contributed by atoms with Gasteiger partial charge in [-0.2, -0.15) is 0 Å². The molecular weight excluding hydrogens is 344 g/mol. The number of rotatable bonds is 2. The Bertz CT molecular complexity index is 1050. The molecule has 0 N–H and O–H groups in total. The maximum absolute atomic E-state index is 12.9. The molecule has 0 amide bonds. The van der Waals surface area contributed by atoms with Gasteiger partial charge in [-0.05, 0) is 61.4 Å². The standard InChI is InChI=1S/C18H15ClN2O2S/c1-12-2-7-17-14(10-12)11-13-8-9-21(18(13)20-17)24(22,23)16-5-3-15(19)4-6-16/h2-7,10-11H,8-9H2,1H3. The van der Waals surface area contributed by atoms with E-state index in [1.54, 1.807) is 12.1 Å². The maximum Gasteiger partial charge on any atom is 0.265 e. The monoisotopic (exact) mass is 358 g/mol. The average Bonchev–Trinajstić information content (AvgIpc) is 2.96. The van der Waals surface area contributed by atoms with Crippen LogP contribution in [0.3, 0.4) is 0 Å². The van der Waals surface area contributed by atoms with E-state index in [0.29, 0.717) is 23.8 Å². The minimum atomic E-state index is -3.63. The molecule has 0 fully saturated rings. The summed E-state index contributed by atoms with van der Waals surface area (Å²) in [6, 6.07) is 14.2. The fraction of sp³-hybridized carbons (Fsp3) is 0.167. The highest BCUT2D eigenvalue weighted by molar-refractivity contribution is 7.92. The van der Waals surface area contributed by atoms with Gasteiger partial charge in [-0.25, -0.2) is 17.7 Å². The molecule has 1 aromatic heterocycles. The first kappa shape index (κ1) is 15.4. The smallest absolute Gasteiger partial charge is 0.249 e. The summed E-state index contributed by atoms with van der Waals surface area (Å²) >= 11 is 5.86. The van der Waals surface area contributed by atoms with Crippen molar-refractivity contribution in [2.45, 2.75) is 18.2 Å². The number of aromatic nitrogens is 1. The van der Waals surface area contributed by atoms with E-state index in [0.717, 1.165) is 22.0 Å². The van der Waals surface area contributed by atoms with Crippen LogP contribution >= 0.6 is 11.6 Å². The molecule has 0 aliphatic carbocycles. The molecule has 4 rings (SSSR count). The SMILES string of the molecule is Cc1ccc2nc3c(cc2c1)CCN3S(=O)(=O)c1ccc(Cl)cc1. The Morgan fingerprint density at radius 2 is 1.83 bits per heavy atom. The van der Waals surface area contributed by atoms with E-state index in [1.807, 2.05) is 25.1 Å². The third-order valence-corrected chi connectivity index (χ3v) is 6.30. The number of nitrogens with zero attached hydrogens (tertiary/aromatic N) is 2. The number of anilines is 1. The first-order valence-corrected chi connectivity index (χ1v) is 9.45. The van der Waals surface area contributed by atoms with Gasteiger partial charge in [-0.3, -0.25) is 0 Å². The normalized spacial score (nSPS) is 14.2. The van der Waals surface area contributed by atoms with Crippen molar-refractivity contribution in [2.75, 3.05) is 10.8 Å². The summed E-state index contributed by atoms with van der Waals surface area (Å²) in [5.74, 6) is 0.529. The van der Waals surface area contributed by atoms with Gasteiger partial charge in [0.25, 0.3) is 10.0 Å². The van der Waals surface area contributed by atoms with Gasteiger partial charge in [0.2, 0.25) is 0 Å². The Balaban J connectivity index is 1.83. The van der Waals surface area contributed by atoms with Crippen LogP contribution in [-0.4, -0.2) is 19.9 Å². The molecule has 0 spiro atoms. The van der Waals surface area contributed by atoms with E-state index in [-0.39, 0.29) is 4.90 Å². The Morgan fingerprint density at radius 3 is 2.58 bits per heavy atom. The van der Waals surface area contributed by atoms with Gasteiger partial charge in [0.1, 0.15) is 5.82 Å². The predicted octanol–water partition coefficient (Wildman–Crippen LogP) is 3.95. The Morgan fingerprint density at radius 1 is 1.08 bits per heavy atom. The first-order valence-electron chi connectivity index (χ1n) is 7.64. The molecule has 4 nitrogen and oxygen atoms in total. The van der Waals surface area contributed by atoms with Crippen LogP contribution in [0.15, 0.2) is 53.4 Å². The molecule has 24 heavy (non-hydrogen) atoms. The molecule has 0 bridgehead atoms. The molecule has 1 aliphatic rings. The molecule has 0 radical (unpaired) electrons. The predicted molar refractivity (Wildman–Crippen MR) is 96.2 cm³/mol. The minimum Gasteiger partial charge on any atom is -0.249 e. The van der Waals surface area contributed by atoms with E-state index >= 15 is 0 Å². The summed E-state index contributed by atoms with van der Waals surface area (Å²) in [5.41, 5.74) is 2.93. The topological polar surface area (TPSA) is 50.3 Å². The van der Waals surface area contributed by atoms with Crippen LogP contribution in [0, 0.1) is 6.92 Å². The van der Waals surface area contributed by atoms with Gasteiger partial charge >= 0.3 is 0 Å². The maximum atomic E-state index is 12.9. The van der Waals surface area contributed by atoms with Gasteiger partial charge in [-0.15, -0.1) is 0 Å². The second-order valence-electron chi connectivity index (χ2n) is 5.95. The molecule has 0 saturated carbocycles. The molecule has 0 saturated heterocycles. The fourth-order valence-corrected chi connectivity index (χ4v) is 4.60. The van der Waals surface area contributed by atoms with Crippen LogP contribution in [0.4, 0.5) is 5.82 Å². The van der Waals surface area contributed by atoms with Gasteiger partial charge in [-0.1, -0.05) is 23.2 Å². The molecular formula is C18H15ClN2O2S. The highest BCUT2D eigenvalue weighted by Gasteiger charge is 2.32. The quantitative estimate of drug-likeness (QED) is 0.697. The van der Waals surface area contributed by atoms with Crippen molar-refractivity contribution in [3.63, 3.8) is 0 Å². The number of fused-ring (bicyclic) bond motifs is 2. The lowest BCUT2D eigenvalue weighted by atomic mass is 10.1. The zero-order valence-electron chi connectivity index (χ0n) is 13.0. The van der Waals surface area contributed by atoms with Crippen LogP contribution in [0.2, 0.25) is 5.02 Å². The highest BCUT2D eigenvalue weighted by Crippen LogP contribution is 2.34. The van der Waals surface area contributed by atoms with Gasteiger partial charge in [0.05, 0.1) is 10.4 Å². The zero-order valence-corrected chi connectivity index (χ0v) is 14.6. The second kappa shape index (κ2) is 5.46. The molecule has 0 atom stereocenters. The summed E-state index contributed by atoms with van der Waals surface area (Å²) in [4.78, 5) is 4.84. The summed E-state index contributed by atoms with van der Waals surface area (Å²) in [5, 5.41) is 1.55. The zero-order chi connectivity index (χ0) is 16.9. The third kappa shape index (κ3) is 2.44. The largest absolute Gasteiger partial charge is 0.265 e. The lowest BCUT2D eigenvalue weighted by Crippen LogP contribution is -2.29. The van der Waals surface area contributed by atoms with E-state index < -0.39 is 10.0 Å². The van der Waals surface area contributed by atoms with Gasteiger partial charge in [0.15, 0.2) is 0 Å². The number of hydrogen-bond donors (Lipinski definition) is 0. The van der Waals surface area contributed by atoms with Crippen LogP contribution < -0.4 is 4.31 Å². The van der Waals surface area contributed by atoms with Crippen molar-refractivity contribution in [1.82, 2.24) is 4.98 Å². The highest BCUT2D eigenvalue weighted by atomic mass is 35.5. The van der Waals surface area contributed by atoms with Crippen LogP contribution in [-0.2, 0) is 16.4 Å². The Hall–Kier alpha value is -2.11. The molecule has 3 aromatic rings. The number of aryl methyl sites for hydroxylation is 1. The van der Waals surface area contributed by atoms with Crippen LogP contribution in [0.25, 0.3) is 10.9 Å². The number of sulfonamides is 1. The van der Waals surface area contributed by atoms with E-state index in [4.69, 9.17) is 11.6 Å². The van der Waals surface area contributed by atoms with E-state index in [1.165, 1.54) is 16.4 Å². The Labute approximate surface area is 145 Å². The molecule has 2 aromatic carbocycles. The number of hydrogen-bond acceptors (Lipinski definition) is 3. The van der Waals surface area contributed by atoms with Crippen LogP contribution in [0.5, 0.6) is 0 Å². The van der Waals surface area contributed by atoms with Crippen molar-refractivity contribution >= 4 is 38.3 Å². The third-order valence-electron chi connectivity index (χ3n) is 4.25. The van der Waals surface area contributed by atoms with E-state index in [9.17, 15) is 8.42 Å². The van der Waals surface area contributed by atoms with Crippen molar-refractivity contribution in [3.05, 3.63) is 64.7 Å². The number of halogens is 1. The molecule has 0 unspecified atom stereocenters. The van der Waals surface area contributed by atoms with Gasteiger partial charge < -0.3 is 0 Å². The lowest BCUT2D eigenvalue weighted by Gasteiger charge is -2.19. The summed E-state index contributed by atoms with van der Waals surface area (Å²) in [7, 11) is -3.63. The summed E-state index contributed by atoms with van der Waals surface area (Å²) in [6.45, 7) is 2.44. The molecule has 6 heteroatoms. The number of benzene rings is 2. The second-order valence-corrected chi connectivity index (χ2v) is 8.25. The fourth-order valence-electron chi connectivity index (χ4n) is 3.03. The number of pyridine rings is 1. The molecule has 1 aliphatic heterocycles. The van der Waals surface area contributed by atoms with Crippen molar-refractivity contribution in [1.29, 1.82) is 0 Å².